The fourth-order valence-corrected chi connectivity index (χ4v) is 10.4. The lowest BCUT2D eigenvalue weighted by molar-refractivity contribution is -0.211. The Morgan fingerprint density at radius 2 is 2.03 bits per heavy atom. The van der Waals surface area contributed by atoms with Gasteiger partial charge in [-0.05, 0) is 85.1 Å². The monoisotopic (exact) mass is 575 g/mol. The highest BCUT2D eigenvalue weighted by atomic mass is 35.5. The van der Waals surface area contributed by atoms with Crippen LogP contribution < -0.4 is 0 Å². The number of aliphatic hydroxyl groups excluding tert-OH is 1. The summed E-state index contributed by atoms with van der Waals surface area (Å²) >= 11 is 7.73. The van der Waals surface area contributed by atoms with Gasteiger partial charge in [0, 0.05) is 36.0 Å². The van der Waals surface area contributed by atoms with Gasteiger partial charge in [0.25, 0.3) is 0 Å². The molecule has 0 spiro atoms. The number of allylic oxidation sites excluding steroid dienone is 4. The maximum Gasteiger partial charge on any atom is 0.178 e. The molecule has 5 aliphatic rings. The van der Waals surface area contributed by atoms with Gasteiger partial charge in [-0.25, -0.2) is 8.78 Å². The molecule has 1 N–H and O–H groups in total. The maximum absolute atomic E-state index is 17.6. The van der Waals surface area contributed by atoms with E-state index >= 15 is 8.78 Å². The van der Waals surface area contributed by atoms with Gasteiger partial charge in [-0.15, -0.1) is 0 Å². The average Bonchev–Trinajstić information content (AvgIpc) is 3.35. The van der Waals surface area contributed by atoms with Crippen molar-refractivity contribution in [1.29, 1.82) is 0 Å². The Labute approximate surface area is 238 Å². The van der Waals surface area contributed by atoms with Crippen LogP contribution >= 0.6 is 23.4 Å². The number of alkyl halides is 2. The number of carbonyl (C=O) groups excluding carboxylic acids is 2. The average molecular weight is 576 g/mol. The smallest absolute Gasteiger partial charge is 0.178 e. The Balaban J connectivity index is 1.40. The number of benzene rings is 1. The number of ketones is 2. The number of likely N-dealkylation sites (tertiary alicyclic amines) is 1. The molecule has 0 radical (unpaired) electrons. The molecule has 0 aromatic heterocycles. The Morgan fingerprint density at radius 3 is 2.74 bits per heavy atom. The molecule has 9 unspecified atom stereocenters. The molecule has 1 aromatic carbocycles. The first-order valence-electron chi connectivity index (χ1n) is 13.9. The van der Waals surface area contributed by atoms with Gasteiger partial charge in [-0.2, -0.15) is 11.8 Å². The predicted molar refractivity (Wildman–Crippen MR) is 150 cm³/mol. The summed E-state index contributed by atoms with van der Waals surface area (Å²) in [6, 6.07) is 7.73. The second-order valence-electron chi connectivity index (χ2n) is 12.9. The quantitative estimate of drug-likeness (QED) is 0.494. The van der Waals surface area contributed by atoms with Gasteiger partial charge < -0.3 is 5.11 Å². The van der Waals surface area contributed by atoms with Crippen molar-refractivity contribution in [3.63, 3.8) is 0 Å². The van der Waals surface area contributed by atoms with Crippen molar-refractivity contribution in [2.45, 2.75) is 57.6 Å². The van der Waals surface area contributed by atoms with Gasteiger partial charge >= 0.3 is 0 Å². The molecule has 4 aliphatic carbocycles. The minimum absolute atomic E-state index is 0.00725. The van der Waals surface area contributed by atoms with E-state index in [1.807, 2.05) is 30.5 Å². The standard InChI is InChI=1S/C31H36ClF2NO3S/c1-28-8-7-21(36)11-24(28)25(33)12-23-22-10-19-15-35(14-18-5-4-6-20(32)9-18)17-30(19,27(38)16-39-3)29(22,2)13-26(37)31(23,28)34/h4-9,11,19,22-23,25-26,37H,10,12-17H2,1-3H3. The highest BCUT2D eigenvalue weighted by Gasteiger charge is 2.78. The summed E-state index contributed by atoms with van der Waals surface area (Å²) < 4.78 is 33.4. The predicted octanol–water partition coefficient (Wildman–Crippen LogP) is 5.62. The lowest BCUT2D eigenvalue weighted by atomic mass is 9.43. The van der Waals surface area contributed by atoms with Gasteiger partial charge in [0.2, 0.25) is 0 Å². The third-order valence-corrected chi connectivity index (χ3v) is 12.1. The molecule has 0 bridgehead atoms. The van der Waals surface area contributed by atoms with E-state index < -0.39 is 40.1 Å². The molecule has 1 aromatic rings. The molecule has 3 saturated carbocycles. The molecule has 9 atom stereocenters. The summed E-state index contributed by atoms with van der Waals surface area (Å²) in [5, 5.41) is 12.4. The number of thioether (sulfide) groups is 1. The third-order valence-electron chi connectivity index (χ3n) is 11.3. The van der Waals surface area contributed by atoms with Gasteiger partial charge in [-0.1, -0.05) is 36.7 Å². The number of halogens is 3. The van der Waals surface area contributed by atoms with Crippen molar-refractivity contribution in [2.24, 2.45) is 34.0 Å². The van der Waals surface area contributed by atoms with Crippen molar-refractivity contribution >= 4 is 34.9 Å². The zero-order valence-electron chi connectivity index (χ0n) is 22.6. The van der Waals surface area contributed by atoms with E-state index in [4.69, 9.17) is 11.6 Å². The molecule has 0 amide bonds. The number of aliphatic hydroxyl groups is 1. The highest BCUT2D eigenvalue weighted by Crippen LogP contribution is 2.74. The zero-order valence-corrected chi connectivity index (χ0v) is 24.2. The van der Waals surface area contributed by atoms with E-state index in [1.165, 1.54) is 30.0 Å². The van der Waals surface area contributed by atoms with Gasteiger partial charge in [0.05, 0.1) is 17.3 Å². The maximum atomic E-state index is 17.6. The lowest BCUT2D eigenvalue weighted by Gasteiger charge is -2.63. The summed E-state index contributed by atoms with van der Waals surface area (Å²) in [6.45, 7) is 5.57. The van der Waals surface area contributed by atoms with Crippen LogP contribution in [-0.2, 0) is 16.1 Å². The minimum atomic E-state index is -2.12. The van der Waals surface area contributed by atoms with E-state index in [2.05, 4.69) is 11.8 Å². The fourth-order valence-electron chi connectivity index (χ4n) is 9.65. The topological polar surface area (TPSA) is 57.6 Å². The lowest BCUT2D eigenvalue weighted by Crippen LogP contribution is -2.69. The second kappa shape index (κ2) is 9.23. The van der Waals surface area contributed by atoms with Gasteiger partial charge in [0.15, 0.2) is 17.2 Å². The largest absolute Gasteiger partial charge is 0.390 e. The number of nitrogens with zero attached hydrogens (tertiary/aromatic N) is 1. The van der Waals surface area contributed by atoms with Crippen LogP contribution in [0.25, 0.3) is 0 Å². The van der Waals surface area contributed by atoms with Crippen LogP contribution in [0.5, 0.6) is 0 Å². The van der Waals surface area contributed by atoms with Crippen LogP contribution in [0.3, 0.4) is 0 Å². The van der Waals surface area contributed by atoms with E-state index in [1.54, 1.807) is 6.92 Å². The number of carbonyl (C=O) groups is 2. The van der Waals surface area contributed by atoms with Crippen LogP contribution in [0, 0.1) is 34.0 Å². The number of fused-ring (bicyclic) bond motifs is 7. The van der Waals surface area contributed by atoms with Crippen molar-refractivity contribution in [1.82, 2.24) is 4.90 Å². The Bertz CT molecular complexity index is 1290. The number of hydrogen-bond donors (Lipinski definition) is 1. The van der Waals surface area contributed by atoms with Crippen molar-refractivity contribution in [2.75, 3.05) is 25.1 Å². The molecular formula is C31H36ClF2NO3S. The summed E-state index contributed by atoms with van der Waals surface area (Å²) in [4.78, 5) is 28.5. The molecule has 1 aliphatic heterocycles. The van der Waals surface area contributed by atoms with Crippen LogP contribution in [-0.4, -0.2) is 64.6 Å². The Morgan fingerprint density at radius 1 is 1.26 bits per heavy atom. The van der Waals surface area contributed by atoms with E-state index in [0.29, 0.717) is 36.8 Å². The van der Waals surface area contributed by atoms with E-state index in [0.717, 1.165) is 5.56 Å². The molecular weight excluding hydrogens is 540 g/mol. The molecule has 8 heteroatoms. The molecule has 4 nitrogen and oxygen atoms in total. The summed E-state index contributed by atoms with van der Waals surface area (Å²) in [7, 11) is 0. The van der Waals surface area contributed by atoms with E-state index in [9.17, 15) is 14.7 Å². The molecule has 210 valence electrons. The first kappa shape index (κ1) is 27.6. The minimum Gasteiger partial charge on any atom is -0.390 e. The fraction of sp³-hybridized carbons (Fsp3) is 0.613. The summed E-state index contributed by atoms with van der Waals surface area (Å²) in [6.07, 6.45) is 3.75. The first-order valence-corrected chi connectivity index (χ1v) is 15.6. The summed E-state index contributed by atoms with van der Waals surface area (Å²) in [5.41, 5.74) is -3.75. The van der Waals surface area contributed by atoms with Crippen LogP contribution in [0.4, 0.5) is 8.78 Å². The molecule has 4 fully saturated rings. The third kappa shape index (κ3) is 3.61. The summed E-state index contributed by atoms with van der Waals surface area (Å²) in [5.74, 6) is -0.858. The molecule has 1 saturated heterocycles. The van der Waals surface area contributed by atoms with Gasteiger partial charge in [-0.3, -0.25) is 14.5 Å². The SMILES string of the molecule is CSCC(=O)C12CN(Cc3cccc(Cl)c3)CC1CC1C3CC(F)C4=CC(=O)C=CC4(C)C3(F)C(O)CC12C. The second-order valence-corrected chi connectivity index (χ2v) is 14.2. The normalized spacial score (nSPS) is 44.8. The van der Waals surface area contributed by atoms with Crippen molar-refractivity contribution < 1.29 is 23.5 Å². The highest BCUT2D eigenvalue weighted by molar-refractivity contribution is 7.99. The van der Waals surface area contributed by atoms with Crippen molar-refractivity contribution in [3.8, 4) is 0 Å². The van der Waals surface area contributed by atoms with E-state index in [-0.39, 0.29) is 41.8 Å². The van der Waals surface area contributed by atoms with Gasteiger partial charge in [0.1, 0.15) is 6.17 Å². The number of hydrogen-bond acceptors (Lipinski definition) is 5. The molecule has 1 heterocycles. The number of Topliss-reactive ketones (excluding diaryl/α,β-unsaturated/α-hetero) is 1. The van der Waals surface area contributed by atoms with Crippen LogP contribution in [0.2, 0.25) is 5.02 Å². The van der Waals surface area contributed by atoms with Crippen molar-refractivity contribution in [3.05, 3.63) is 58.7 Å². The Kier molecular flexibility index (Phi) is 6.54. The Hall–Kier alpha value is -1.54. The molecule has 6 rings (SSSR count). The number of rotatable bonds is 5. The first-order chi connectivity index (χ1) is 18.4. The zero-order chi connectivity index (χ0) is 28.0. The van der Waals surface area contributed by atoms with Crippen LogP contribution in [0.1, 0.15) is 38.7 Å². The molecule has 39 heavy (non-hydrogen) atoms. The van der Waals surface area contributed by atoms with Crippen LogP contribution in [0.15, 0.2) is 48.1 Å².